The van der Waals surface area contributed by atoms with Gasteiger partial charge in [0.1, 0.15) is 6.54 Å². The summed E-state index contributed by atoms with van der Waals surface area (Å²) in [6.07, 6.45) is 0.659. The van der Waals surface area contributed by atoms with Crippen LogP contribution in [0.15, 0.2) is 72.8 Å². The van der Waals surface area contributed by atoms with Crippen LogP contribution in [-0.2, 0) is 22.6 Å². The van der Waals surface area contributed by atoms with Crippen molar-refractivity contribution in [3.8, 4) is 0 Å². The number of thiophene rings is 1. The van der Waals surface area contributed by atoms with Gasteiger partial charge in [-0.25, -0.2) is 4.79 Å². The maximum atomic E-state index is 13.5. The Morgan fingerprint density at radius 3 is 2.26 bits per heavy atom. The van der Waals surface area contributed by atoms with Gasteiger partial charge in [0.15, 0.2) is 0 Å². The Morgan fingerprint density at radius 1 is 0.912 bits per heavy atom. The smallest absolute Gasteiger partial charge is 0.322 e. The third-order valence-corrected chi connectivity index (χ3v) is 6.26. The number of amides is 3. The topological polar surface area (TPSA) is 61.9 Å². The Balaban J connectivity index is 1.73. The van der Waals surface area contributed by atoms with Crippen molar-refractivity contribution < 1.29 is 14.3 Å². The number of benzene rings is 2. The predicted octanol–water partition coefficient (Wildman–Crippen LogP) is 5.55. The van der Waals surface area contributed by atoms with Crippen LogP contribution in [0, 0.1) is 6.92 Å². The summed E-state index contributed by atoms with van der Waals surface area (Å²) in [7, 11) is 0. The van der Waals surface area contributed by atoms with Gasteiger partial charge in [-0.2, -0.15) is 0 Å². The van der Waals surface area contributed by atoms with Gasteiger partial charge in [0.2, 0.25) is 5.91 Å². The van der Waals surface area contributed by atoms with Gasteiger partial charge in [-0.3, -0.25) is 4.79 Å². The van der Waals surface area contributed by atoms with Gasteiger partial charge in [0.05, 0.1) is 6.54 Å². The molecule has 0 saturated carbocycles. The minimum Gasteiger partial charge on any atom is -0.382 e. The molecule has 1 N–H and O–H groups in total. The van der Waals surface area contributed by atoms with Crippen molar-refractivity contribution in [2.45, 2.75) is 33.4 Å². The number of para-hydroxylation sites is 1. The number of carbonyl (C=O) groups is 2. The van der Waals surface area contributed by atoms with Gasteiger partial charge < -0.3 is 19.9 Å². The molecule has 0 atom stereocenters. The molecule has 0 aliphatic rings. The number of nitrogens with zero attached hydrogens (tertiary/aromatic N) is 2. The van der Waals surface area contributed by atoms with Crippen molar-refractivity contribution in [1.82, 2.24) is 9.80 Å². The van der Waals surface area contributed by atoms with E-state index in [1.54, 1.807) is 16.2 Å². The van der Waals surface area contributed by atoms with Crippen molar-refractivity contribution in [2.24, 2.45) is 0 Å². The van der Waals surface area contributed by atoms with E-state index in [1.807, 2.05) is 72.5 Å². The molecule has 0 saturated heterocycles. The van der Waals surface area contributed by atoms with Gasteiger partial charge >= 0.3 is 6.03 Å². The molecule has 3 rings (SSSR count). The molecular weight excluding hydrogens is 446 g/mol. The molecule has 3 amide bonds. The van der Waals surface area contributed by atoms with Gasteiger partial charge in [0.25, 0.3) is 0 Å². The van der Waals surface area contributed by atoms with Crippen molar-refractivity contribution in [2.75, 3.05) is 31.6 Å². The Hall–Kier alpha value is -3.16. The Bertz CT molecular complexity index is 1020. The first-order chi connectivity index (χ1) is 16.5. The number of urea groups is 1. The zero-order valence-corrected chi connectivity index (χ0v) is 20.7. The van der Waals surface area contributed by atoms with E-state index in [1.165, 1.54) is 4.88 Å². The molecule has 3 aromatic rings. The lowest BCUT2D eigenvalue weighted by Gasteiger charge is -2.28. The first-order valence-corrected chi connectivity index (χ1v) is 12.4. The van der Waals surface area contributed by atoms with Crippen LogP contribution in [0.4, 0.5) is 10.5 Å². The fourth-order valence-electron chi connectivity index (χ4n) is 3.54. The number of nitrogens with one attached hydrogen (secondary N) is 1. The standard InChI is InChI=1S/C27H33N3O3S/c1-3-33-18-10-17-29(27(32)28-24-13-8-5-9-14-24)21-26(31)30(19-23-11-6-4-7-12-23)20-25-16-15-22(2)34-25/h4-9,11-16H,3,10,17-21H2,1-2H3,(H,28,32). The number of hydrogen-bond donors (Lipinski definition) is 1. The number of anilines is 1. The minimum absolute atomic E-state index is 0.00197. The third kappa shape index (κ3) is 8.32. The minimum atomic E-state index is -0.289. The van der Waals surface area contributed by atoms with E-state index in [0.717, 1.165) is 10.4 Å². The van der Waals surface area contributed by atoms with E-state index in [0.29, 0.717) is 45.0 Å². The fraction of sp³-hybridized carbons (Fsp3) is 0.333. The first kappa shape index (κ1) is 25.5. The highest BCUT2D eigenvalue weighted by atomic mass is 32.1. The highest BCUT2D eigenvalue weighted by Gasteiger charge is 2.22. The third-order valence-electron chi connectivity index (χ3n) is 5.27. The van der Waals surface area contributed by atoms with Crippen LogP contribution in [-0.4, -0.2) is 48.0 Å². The molecule has 6 nitrogen and oxygen atoms in total. The van der Waals surface area contributed by atoms with Crippen LogP contribution >= 0.6 is 11.3 Å². The van der Waals surface area contributed by atoms with Crippen LogP contribution in [0.2, 0.25) is 0 Å². The molecule has 0 bridgehead atoms. The van der Waals surface area contributed by atoms with Gasteiger partial charge in [-0.15, -0.1) is 11.3 Å². The summed E-state index contributed by atoms with van der Waals surface area (Å²) in [6.45, 7) is 6.61. The number of ether oxygens (including phenoxy) is 1. The summed E-state index contributed by atoms with van der Waals surface area (Å²) in [5.41, 5.74) is 1.76. The Labute approximate surface area is 206 Å². The lowest BCUT2D eigenvalue weighted by Crippen LogP contribution is -2.44. The fourth-order valence-corrected chi connectivity index (χ4v) is 4.44. The number of carbonyl (C=O) groups excluding carboxylic acids is 2. The Kier molecular flexibility index (Phi) is 10.1. The second kappa shape index (κ2) is 13.5. The van der Waals surface area contributed by atoms with Gasteiger partial charge in [-0.05, 0) is 50.1 Å². The summed E-state index contributed by atoms with van der Waals surface area (Å²) < 4.78 is 5.44. The second-order valence-corrected chi connectivity index (χ2v) is 9.39. The molecule has 0 aliphatic heterocycles. The number of rotatable bonds is 12. The molecule has 0 fully saturated rings. The van der Waals surface area contributed by atoms with E-state index in [4.69, 9.17) is 4.74 Å². The zero-order chi connectivity index (χ0) is 24.2. The number of hydrogen-bond acceptors (Lipinski definition) is 4. The Morgan fingerprint density at radius 2 is 1.62 bits per heavy atom. The summed E-state index contributed by atoms with van der Waals surface area (Å²) >= 11 is 1.69. The molecule has 7 heteroatoms. The van der Waals surface area contributed by atoms with Gasteiger partial charge in [-0.1, -0.05) is 48.5 Å². The van der Waals surface area contributed by atoms with Crippen molar-refractivity contribution >= 4 is 29.0 Å². The van der Waals surface area contributed by atoms with Crippen LogP contribution in [0.25, 0.3) is 0 Å². The van der Waals surface area contributed by atoms with E-state index >= 15 is 0 Å². The summed E-state index contributed by atoms with van der Waals surface area (Å²) in [6, 6.07) is 23.1. The largest absolute Gasteiger partial charge is 0.382 e. The lowest BCUT2D eigenvalue weighted by atomic mass is 10.2. The molecule has 1 heterocycles. The molecule has 0 unspecified atom stereocenters. The van der Waals surface area contributed by atoms with Crippen molar-refractivity contribution in [3.05, 3.63) is 88.1 Å². The molecular formula is C27H33N3O3S. The normalized spacial score (nSPS) is 10.6. The average molecular weight is 480 g/mol. The summed E-state index contributed by atoms with van der Waals surface area (Å²) in [4.78, 5) is 32.3. The monoisotopic (exact) mass is 479 g/mol. The molecule has 2 aromatic carbocycles. The van der Waals surface area contributed by atoms with E-state index in [9.17, 15) is 9.59 Å². The highest BCUT2D eigenvalue weighted by molar-refractivity contribution is 7.11. The summed E-state index contributed by atoms with van der Waals surface area (Å²) in [5.74, 6) is -0.0884. The van der Waals surface area contributed by atoms with E-state index < -0.39 is 0 Å². The predicted molar refractivity (Wildman–Crippen MR) is 138 cm³/mol. The number of aryl methyl sites for hydroxylation is 1. The quantitative estimate of drug-likeness (QED) is 0.347. The zero-order valence-electron chi connectivity index (χ0n) is 19.9. The van der Waals surface area contributed by atoms with Crippen molar-refractivity contribution in [3.63, 3.8) is 0 Å². The van der Waals surface area contributed by atoms with E-state index in [2.05, 4.69) is 24.4 Å². The maximum Gasteiger partial charge on any atom is 0.322 e. The SMILES string of the molecule is CCOCCCN(CC(=O)N(Cc1ccccc1)Cc1ccc(C)s1)C(=O)Nc1ccccc1. The molecule has 1 aromatic heterocycles. The average Bonchev–Trinajstić information content (AvgIpc) is 3.26. The molecule has 34 heavy (non-hydrogen) atoms. The first-order valence-electron chi connectivity index (χ1n) is 11.6. The molecule has 0 aliphatic carbocycles. The molecule has 0 radical (unpaired) electrons. The van der Waals surface area contributed by atoms with Gasteiger partial charge in [0, 0.05) is 41.7 Å². The molecule has 180 valence electrons. The summed E-state index contributed by atoms with van der Waals surface area (Å²) in [5, 5.41) is 2.91. The highest BCUT2D eigenvalue weighted by Crippen LogP contribution is 2.19. The lowest BCUT2D eigenvalue weighted by molar-refractivity contribution is -0.133. The van der Waals surface area contributed by atoms with Crippen LogP contribution in [0.1, 0.15) is 28.7 Å². The van der Waals surface area contributed by atoms with Crippen LogP contribution < -0.4 is 5.32 Å². The maximum absolute atomic E-state index is 13.5. The second-order valence-electron chi connectivity index (χ2n) is 8.02. The van der Waals surface area contributed by atoms with Crippen LogP contribution in [0.3, 0.4) is 0 Å². The van der Waals surface area contributed by atoms with Crippen molar-refractivity contribution in [1.29, 1.82) is 0 Å². The van der Waals surface area contributed by atoms with E-state index in [-0.39, 0.29) is 18.5 Å². The van der Waals surface area contributed by atoms with Crippen LogP contribution in [0.5, 0.6) is 0 Å². The molecule has 0 spiro atoms.